The second kappa shape index (κ2) is 17.1. The zero-order valence-corrected chi connectivity index (χ0v) is 33.3. The molecule has 2 unspecified atom stereocenters. The van der Waals surface area contributed by atoms with E-state index in [2.05, 4.69) is 30.2 Å². The van der Waals surface area contributed by atoms with Gasteiger partial charge in [0.05, 0.1) is 51.1 Å². The van der Waals surface area contributed by atoms with Crippen molar-refractivity contribution >= 4 is 35.1 Å². The van der Waals surface area contributed by atoms with Gasteiger partial charge in [0.25, 0.3) is 0 Å². The molecular weight excluding hydrogens is 733 g/mol. The van der Waals surface area contributed by atoms with E-state index < -0.39 is 10.8 Å². The number of methoxy groups -OCH3 is 2. The van der Waals surface area contributed by atoms with E-state index in [-0.39, 0.29) is 48.4 Å². The molecule has 2 saturated heterocycles. The van der Waals surface area contributed by atoms with Crippen LogP contribution in [-0.2, 0) is 54.3 Å². The number of carbonyl (C=O) groups excluding carboxylic acids is 4. The van der Waals surface area contributed by atoms with Crippen molar-refractivity contribution in [3.63, 3.8) is 0 Å². The highest BCUT2D eigenvalue weighted by atomic mass is 16.5. The highest BCUT2D eigenvalue weighted by Gasteiger charge is 2.56. The first-order chi connectivity index (χ1) is 28.0. The van der Waals surface area contributed by atoms with Crippen LogP contribution in [0.3, 0.4) is 0 Å². The third-order valence-corrected chi connectivity index (χ3v) is 11.8. The number of allylic oxidation sites excluding steroid dienone is 2. The van der Waals surface area contributed by atoms with E-state index in [9.17, 15) is 19.2 Å². The second-order valence-electron chi connectivity index (χ2n) is 16.0. The Labute approximate surface area is 339 Å². The third-order valence-electron chi connectivity index (χ3n) is 11.8. The number of nitrogens with one attached hydrogen (secondary N) is 2. The lowest BCUT2D eigenvalue weighted by Crippen LogP contribution is -2.32. The van der Waals surface area contributed by atoms with Crippen LogP contribution in [0.4, 0.5) is 11.4 Å². The molecule has 2 N–H and O–H groups in total. The van der Waals surface area contributed by atoms with Crippen LogP contribution in [0, 0.1) is 22.7 Å². The molecule has 3 fully saturated rings. The molecule has 2 amide bonds. The molecule has 4 atom stereocenters. The summed E-state index contributed by atoms with van der Waals surface area (Å²) in [7, 11) is 3.21. The summed E-state index contributed by atoms with van der Waals surface area (Å²) in [6, 6.07) is 30.4. The predicted molar refractivity (Wildman–Crippen MR) is 221 cm³/mol. The smallest absolute Gasteiger partial charge is 0.313 e. The number of ether oxygens (including phenoxy) is 4. The molecule has 0 bridgehead atoms. The van der Waals surface area contributed by atoms with Crippen molar-refractivity contribution < 1.29 is 38.1 Å². The molecule has 4 aromatic rings. The van der Waals surface area contributed by atoms with Gasteiger partial charge in [0.2, 0.25) is 11.8 Å². The van der Waals surface area contributed by atoms with Crippen LogP contribution in [0.15, 0.2) is 121 Å². The van der Waals surface area contributed by atoms with Gasteiger partial charge in [0, 0.05) is 23.2 Å². The molecule has 0 aromatic heterocycles. The van der Waals surface area contributed by atoms with E-state index in [0.717, 1.165) is 63.5 Å². The molecule has 58 heavy (non-hydrogen) atoms. The Bertz CT molecular complexity index is 2230. The van der Waals surface area contributed by atoms with Crippen LogP contribution < -0.4 is 20.1 Å². The number of amides is 2. The van der Waals surface area contributed by atoms with Crippen molar-refractivity contribution in [2.45, 2.75) is 51.9 Å². The molecule has 10 heteroatoms. The molecule has 2 heterocycles. The van der Waals surface area contributed by atoms with Gasteiger partial charge in [-0.3, -0.25) is 19.2 Å². The Hall–Kier alpha value is -6.16. The molecule has 2 aliphatic carbocycles. The van der Waals surface area contributed by atoms with Crippen molar-refractivity contribution in [1.82, 2.24) is 0 Å². The van der Waals surface area contributed by atoms with E-state index >= 15 is 0 Å². The number of hydrogen-bond acceptors (Lipinski definition) is 8. The van der Waals surface area contributed by atoms with Gasteiger partial charge in [-0.1, -0.05) is 72.3 Å². The minimum absolute atomic E-state index is 0.0837. The Morgan fingerprint density at radius 3 is 1.72 bits per heavy atom. The maximum absolute atomic E-state index is 12.4. The Morgan fingerprint density at radius 1 is 0.690 bits per heavy atom. The molecule has 0 radical (unpaired) electrons. The summed E-state index contributed by atoms with van der Waals surface area (Å²) in [6.45, 7) is 7.14. The van der Waals surface area contributed by atoms with Crippen LogP contribution in [0.25, 0.3) is 0 Å². The number of cyclic esters (lactones) is 2. The fraction of sp³-hybridized carbons (Fsp3) is 0.333. The lowest BCUT2D eigenvalue weighted by molar-refractivity contribution is -0.147. The van der Waals surface area contributed by atoms with Gasteiger partial charge >= 0.3 is 11.9 Å². The Kier molecular flexibility index (Phi) is 11.8. The largest absolute Gasteiger partial charge is 0.497 e. The highest BCUT2D eigenvalue weighted by Crippen LogP contribution is 2.52. The normalized spacial score (nSPS) is 22.7. The first-order valence-electron chi connectivity index (χ1n) is 19.7. The van der Waals surface area contributed by atoms with Gasteiger partial charge in [-0.05, 0) is 110 Å². The van der Waals surface area contributed by atoms with E-state index in [1.165, 1.54) is 5.57 Å². The van der Waals surface area contributed by atoms with E-state index in [0.29, 0.717) is 32.5 Å². The zero-order chi connectivity index (χ0) is 40.9. The van der Waals surface area contributed by atoms with Gasteiger partial charge in [0.1, 0.15) is 11.5 Å². The first kappa shape index (κ1) is 40.1. The van der Waals surface area contributed by atoms with E-state index in [4.69, 9.17) is 18.9 Å². The SMILES string of the molecule is C=C1C[C@H]2COC(=O)[C@@]2(Cc2ccc(NC(=O)Cc3cccc(OC)c3)cc2)C1.COc1cccc(CC(=O)Nc2ccc(CC34CC(C)=CC3COC4=O)cc2)c1. The fourth-order valence-electron chi connectivity index (χ4n) is 8.95. The van der Waals surface area contributed by atoms with Gasteiger partial charge in [0.15, 0.2) is 0 Å². The zero-order valence-electron chi connectivity index (χ0n) is 33.3. The number of carbonyl (C=O) groups is 4. The summed E-state index contributed by atoms with van der Waals surface area (Å²) in [5.41, 5.74) is 6.87. The van der Waals surface area contributed by atoms with Crippen LogP contribution >= 0.6 is 0 Å². The fourth-order valence-corrected chi connectivity index (χ4v) is 8.95. The molecule has 4 aromatic carbocycles. The van der Waals surface area contributed by atoms with Gasteiger partial charge in [-0.15, -0.1) is 0 Å². The molecule has 300 valence electrons. The lowest BCUT2D eigenvalue weighted by Gasteiger charge is -2.25. The molecule has 0 spiro atoms. The summed E-state index contributed by atoms with van der Waals surface area (Å²) in [6.07, 6.45) is 6.36. The van der Waals surface area contributed by atoms with E-state index in [1.54, 1.807) is 14.2 Å². The van der Waals surface area contributed by atoms with Gasteiger partial charge in [-0.25, -0.2) is 0 Å². The number of fused-ring (bicyclic) bond motifs is 2. The summed E-state index contributed by atoms with van der Waals surface area (Å²) in [5, 5.41) is 5.85. The Morgan fingerprint density at radius 2 is 1.19 bits per heavy atom. The molecule has 4 aliphatic rings. The number of benzene rings is 4. The Balaban J connectivity index is 0.000000177. The quantitative estimate of drug-likeness (QED) is 0.110. The molecule has 8 rings (SSSR count). The average Bonchev–Trinajstić information content (AvgIpc) is 3.90. The number of rotatable bonds is 12. The maximum atomic E-state index is 12.4. The minimum Gasteiger partial charge on any atom is -0.497 e. The van der Waals surface area contributed by atoms with Crippen molar-refractivity contribution in [1.29, 1.82) is 0 Å². The number of esters is 2. The number of hydrogen-bond donors (Lipinski definition) is 2. The monoisotopic (exact) mass is 782 g/mol. The summed E-state index contributed by atoms with van der Waals surface area (Å²) < 4.78 is 21.1. The summed E-state index contributed by atoms with van der Waals surface area (Å²) in [4.78, 5) is 49.6. The topological polar surface area (TPSA) is 129 Å². The number of anilines is 2. The maximum Gasteiger partial charge on any atom is 0.313 e. The average molecular weight is 783 g/mol. The minimum atomic E-state index is -0.464. The van der Waals surface area contributed by atoms with Crippen LogP contribution in [0.2, 0.25) is 0 Å². The van der Waals surface area contributed by atoms with Gasteiger partial charge < -0.3 is 29.6 Å². The summed E-state index contributed by atoms with van der Waals surface area (Å²) in [5.74, 6) is 1.50. The molecular formula is C48H50N2O8. The molecule has 1 saturated carbocycles. The lowest BCUT2D eigenvalue weighted by atomic mass is 9.74. The van der Waals surface area contributed by atoms with Crippen LogP contribution in [-0.4, -0.2) is 51.2 Å². The van der Waals surface area contributed by atoms with Crippen molar-refractivity contribution in [2.24, 2.45) is 22.7 Å². The third kappa shape index (κ3) is 8.86. The predicted octanol–water partition coefficient (Wildman–Crippen LogP) is 7.86. The molecule has 2 aliphatic heterocycles. The van der Waals surface area contributed by atoms with Crippen molar-refractivity contribution in [3.05, 3.63) is 143 Å². The second-order valence-corrected chi connectivity index (χ2v) is 16.0. The summed E-state index contributed by atoms with van der Waals surface area (Å²) >= 11 is 0. The van der Waals surface area contributed by atoms with Crippen molar-refractivity contribution in [3.8, 4) is 11.5 Å². The van der Waals surface area contributed by atoms with Crippen molar-refractivity contribution in [2.75, 3.05) is 38.1 Å². The highest BCUT2D eigenvalue weighted by molar-refractivity contribution is 5.93. The van der Waals surface area contributed by atoms with Crippen LogP contribution in [0.5, 0.6) is 11.5 Å². The van der Waals surface area contributed by atoms with E-state index in [1.807, 2.05) is 97.1 Å². The standard InChI is InChI=1S/2C24H25NO4/c2*1-16-10-19-15-29-23(27)24(19,13-16)14-17-6-8-20(9-7-17)25-22(26)12-18-4-3-5-21(11-18)28-2/h3-11,19H,12-15H2,1-2H3,(H,25,26);3-9,11,19H,1,10,12-15H2,2H3,(H,25,26)/t;19-,24+/m.0/s1. The van der Waals surface area contributed by atoms with Gasteiger partial charge in [-0.2, -0.15) is 0 Å². The molecule has 10 nitrogen and oxygen atoms in total. The van der Waals surface area contributed by atoms with Crippen LogP contribution in [0.1, 0.15) is 48.4 Å². The first-order valence-corrected chi connectivity index (χ1v) is 19.7.